The van der Waals surface area contributed by atoms with Crippen LogP contribution >= 0.6 is 0 Å². The van der Waals surface area contributed by atoms with E-state index < -0.39 is 10.0 Å². The highest BCUT2D eigenvalue weighted by atomic mass is 32.2. The van der Waals surface area contributed by atoms with Crippen molar-refractivity contribution in [1.29, 1.82) is 0 Å². The fourth-order valence-corrected chi connectivity index (χ4v) is 3.59. The van der Waals surface area contributed by atoms with Crippen LogP contribution in [-0.2, 0) is 14.8 Å². The Morgan fingerprint density at radius 1 is 1.12 bits per heavy atom. The molecule has 1 heterocycles. The molecule has 0 aliphatic carbocycles. The van der Waals surface area contributed by atoms with Gasteiger partial charge in [-0.05, 0) is 55.0 Å². The number of sulfonamides is 1. The molecule has 2 aromatic rings. The first-order chi connectivity index (χ1) is 12.2. The van der Waals surface area contributed by atoms with Crippen LogP contribution in [0.3, 0.4) is 0 Å². The van der Waals surface area contributed by atoms with Crippen molar-refractivity contribution in [2.24, 2.45) is 0 Å². The quantitative estimate of drug-likeness (QED) is 0.859. The number of carbonyl (C=O) groups is 2. The molecule has 26 heavy (non-hydrogen) atoms. The van der Waals surface area contributed by atoms with Crippen LogP contribution in [0.5, 0.6) is 0 Å². The topological polar surface area (TPSA) is 95.6 Å². The average molecular weight is 373 g/mol. The normalized spacial score (nSPS) is 16.3. The Kier molecular flexibility index (Phi) is 4.55. The molecule has 1 aliphatic heterocycles. The molecule has 0 saturated heterocycles. The summed E-state index contributed by atoms with van der Waals surface area (Å²) in [6, 6.07) is 11.0. The van der Waals surface area contributed by atoms with Crippen LogP contribution in [-0.4, -0.2) is 38.6 Å². The van der Waals surface area contributed by atoms with E-state index in [1.54, 1.807) is 25.1 Å². The highest BCUT2D eigenvalue weighted by Crippen LogP contribution is 2.34. The largest absolute Gasteiger partial charge is 0.325 e. The van der Waals surface area contributed by atoms with E-state index in [0.717, 1.165) is 15.6 Å². The number of nitrogens with zero attached hydrogens (tertiary/aromatic N) is 1. The number of benzene rings is 2. The van der Waals surface area contributed by atoms with Gasteiger partial charge < -0.3 is 10.6 Å². The van der Waals surface area contributed by atoms with Gasteiger partial charge in [0.1, 0.15) is 0 Å². The fraction of sp³-hybridized carbons (Fsp3) is 0.222. The Hall–Kier alpha value is -2.71. The third kappa shape index (κ3) is 3.21. The van der Waals surface area contributed by atoms with Crippen LogP contribution in [0.4, 0.5) is 11.4 Å². The molecule has 2 amide bonds. The van der Waals surface area contributed by atoms with Gasteiger partial charge in [-0.3, -0.25) is 9.59 Å². The zero-order chi connectivity index (χ0) is 19.1. The molecule has 2 N–H and O–H groups in total. The summed E-state index contributed by atoms with van der Waals surface area (Å²) in [5, 5.41) is 5.54. The summed E-state index contributed by atoms with van der Waals surface area (Å²) < 4.78 is 25.2. The van der Waals surface area contributed by atoms with Gasteiger partial charge in [0.15, 0.2) is 0 Å². The zero-order valence-electron chi connectivity index (χ0n) is 14.6. The van der Waals surface area contributed by atoms with Gasteiger partial charge in [-0.2, -0.15) is 0 Å². The van der Waals surface area contributed by atoms with Gasteiger partial charge in [0, 0.05) is 31.0 Å². The van der Waals surface area contributed by atoms with Crippen molar-refractivity contribution in [1.82, 2.24) is 4.31 Å². The molecule has 7 nitrogen and oxygen atoms in total. The molecule has 0 spiro atoms. The summed E-state index contributed by atoms with van der Waals surface area (Å²) in [4.78, 5) is 24.2. The van der Waals surface area contributed by atoms with Gasteiger partial charge in [0.2, 0.25) is 15.9 Å². The smallest absolute Gasteiger partial charge is 0.255 e. The summed E-state index contributed by atoms with van der Waals surface area (Å²) in [6.07, 6.45) is 0. The highest BCUT2D eigenvalue weighted by Gasteiger charge is 2.26. The Morgan fingerprint density at radius 2 is 1.77 bits per heavy atom. The van der Waals surface area contributed by atoms with Crippen molar-refractivity contribution in [3.63, 3.8) is 0 Å². The Bertz CT molecular complexity index is 982. The van der Waals surface area contributed by atoms with Gasteiger partial charge in [0.25, 0.3) is 5.91 Å². The number of amides is 2. The van der Waals surface area contributed by atoms with Crippen LogP contribution in [0.1, 0.15) is 28.8 Å². The number of anilines is 2. The van der Waals surface area contributed by atoms with Crippen LogP contribution in [0.2, 0.25) is 0 Å². The Labute approximate surface area is 152 Å². The summed E-state index contributed by atoms with van der Waals surface area (Å²) in [6.45, 7) is 1.80. The van der Waals surface area contributed by atoms with Gasteiger partial charge >= 0.3 is 0 Å². The lowest BCUT2D eigenvalue weighted by Crippen LogP contribution is -2.22. The fourth-order valence-electron chi connectivity index (χ4n) is 2.69. The Balaban J connectivity index is 1.78. The van der Waals surface area contributed by atoms with E-state index in [-0.39, 0.29) is 22.6 Å². The molecule has 0 aromatic heterocycles. The van der Waals surface area contributed by atoms with E-state index in [9.17, 15) is 18.0 Å². The van der Waals surface area contributed by atoms with E-state index in [1.165, 1.54) is 38.4 Å². The monoisotopic (exact) mass is 373 g/mol. The van der Waals surface area contributed by atoms with Crippen LogP contribution < -0.4 is 10.6 Å². The highest BCUT2D eigenvalue weighted by molar-refractivity contribution is 7.89. The van der Waals surface area contributed by atoms with Gasteiger partial charge in [-0.25, -0.2) is 12.7 Å². The predicted molar refractivity (Wildman–Crippen MR) is 98.8 cm³/mol. The van der Waals surface area contributed by atoms with Crippen LogP contribution in [0.25, 0.3) is 0 Å². The molecular formula is C18H19N3O4S. The van der Waals surface area contributed by atoms with Gasteiger partial charge in [-0.1, -0.05) is 0 Å². The maximum atomic E-state index is 12.4. The lowest BCUT2D eigenvalue weighted by Gasteiger charge is -2.12. The van der Waals surface area contributed by atoms with E-state index >= 15 is 0 Å². The van der Waals surface area contributed by atoms with Crippen LogP contribution in [0, 0.1) is 0 Å². The van der Waals surface area contributed by atoms with E-state index in [2.05, 4.69) is 10.6 Å². The minimum absolute atomic E-state index is 0.0684. The maximum Gasteiger partial charge on any atom is 0.255 e. The molecule has 0 saturated carbocycles. The molecule has 0 bridgehead atoms. The zero-order valence-corrected chi connectivity index (χ0v) is 15.4. The first-order valence-electron chi connectivity index (χ1n) is 7.99. The molecule has 3 rings (SSSR count). The number of nitrogens with one attached hydrogen (secondary N) is 2. The van der Waals surface area contributed by atoms with Crippen LogP contribution in [0.15, 0.2) is 47.4 Å². The van der Waals surface area contributed by atoms with Crippen molar-refractivity contribution in [3.05, 3.63) is 53.6 Å². The van der Waals surface area contributed by atoms with E-state index in [4.69, 9.17) is 0 Å². The van der Waals surface area contributed by atoms with Crippen molar-refractivity contribution < 1.29 is 18.0 Å². The lowest BCUT2D eigenvalue weighted by molar-refractivity contribution is -0.116. The molecule has 8 heteroatoms. The standard InChI is InChI=1S/C18H19N3O4S/c1-11-15-10-13(6-9-16(15)20-17(11)22)19-18(23)12-4-7-14(8-5-12)26(24,25)21(2)3/h4-11H,1-3H3,(H,19,23)(H,20,22). The predicted octanol–water partition coefficient (Wildman–Crippen LogP) is 2.24. The molecule has 0 fully saturated rings. The van der Waals surface area contributed by atoms with Crippen molar-refractivity contribution >= 4 is 33.2 Å². The summed E-state index contributed by atoms with van der Waals surface area (Å²) >= 11 is 0. The molecule has 2 aromatic carbocycles. The number of fused-ring (bicyclic) bond motifs is 1. The van der Waals surface area contributed by atoms with Gasteiger partial charge in [-0.15, -0.1) is 0 Å². The molecule has 1 unspecified atom stereocenters. The summed E-state index contributed by atoms with van der Waals surface area (Å²) in [7, 11) is -0.636. The lowest BCUT2D eigenvalue weighted by atomic mass is 10.0. The number of hydrogen-bond donors (Lipinski definition) is 2. The van der Waals surface area contributed by atoms with Crippen molar-refractivity contribution in [2.75, 3.05) is 24.7 Å². The SMILES string of the molecule is CC1C(=O)Nc2ccc(NC(=O)c3ccc(S(=O)(=O)N(C)C)cc3)cc21. The minimum atomic E-state index is -3.53. The second-order valence-electron chi connectivity index (χ2n) is 6.28. The van der Waals surface area contributed by atoms with E-state index in [1.807, 2.05) is 0 Å². The molecule has 1 atom stereocenters. The third-order valence-electron chi connectivity index (χ3n) is 4.32. The number of hydrogen-bond acceptors (Lipinski definition) is 4. The van der Waals surface area contributed by atoms with Crippen molar-refractivity contribution in [2.45, 2.75) is 17.7 Å². The third-order valence-corrected chi connectivity index (χ3v) is 6.15. The first-order valence-corrected chi connectivity index (χ1v) is 9.43. The molecule has 0 radical (unpaired) electrons. The maximum absolute atomic E-state index is 12.4. The summed E-state index contributed by atoms with van der Waals surface area (Å²) in [5.41, 5.74) is 2.49. The Morgan fingerprint density at radius 3 is 2.38 bits per heavy atom. The van der Waals surface area contributed by atoms with Gasteiger partial charge in [0.05, 0.1) is 10.8 Å². The minimum Gasteiger partial charge on any atom is -0.325 e. The molecule has 1 aliphatic rings. The summed E-state index contributed by atoms with van der Waals surface area (Å²) in [5.74, 6) is -0.692. The molecular weight excluding hydrogens is 354 g/mol. The number of rotatable bonds is 4. The second-order valence-corrected chi connectivity index (χ2v) is 8.43. The second kappa shape index (κ2) is 6.54. The average Bonchev–Trinajstić information content (AvgIpc) is 2.89. The first kappa shape index (κ1) is 18.1. The van der Waals surface area contributed by atoms with Crippen molar-refractivity contribution in [3.8, 4) is 0 Å². The molecule has 136 valence electrons. The van der Waals surface area contributed by atoms with E-state index in [0.29, 0.717) is 11.3 Å². The number of carbonyl (C=O) groups excluding carboxylic acids is 2.